The first kappa shape index (κ1) is 25.1. The minimum atomic E-state index is -3.68. The monoisotopic (exact) mass is 425 g/mol. The zero-order valence-electron chi connectivity index (χ0n) is 17.7. The van der Waals surface area contributed by atoms with Crippen LogP contribution in [-0.4, -0.2) is 49.1 Å². The third-order valence-electron chi connectivity index (χ3n) is 4.95. The average Bonchev–Trinajstić information content (AvgIpc) is 2.70. The molecule has 0 aliphatic carbocycles. The molecule has 0 aromatic heterocycles. The number of sulfone groups is 1. The summed E-state index contributed by atoms with van der Waals surface area (Å²) in [5, 5.41) is 9.07. The van der Waals surface area contributed by atoms with Crippen LogP contribution in [0.5, 0.6) is 0 Å². The smallest absolute Gasteiger partial charge is 0.303 e. The molecule has 1 N–H and O–H groups in total. The van der Waals surface area contributed by atoms with Crippen LogP contribution in [0, 0.1) is 5.92 Å². The van der Waals surface area contributed by atoms with Crippen molar-refractivity contribution in [2.45, 2.75) is 70.1 Å². The first-order valence-corrected chi connectivity index (χ1v) is 12.2. The van der Waals surface area contributed by atoms with E-state index >= 15 is 0 Å². The van der Waals surface area contributed by atoms with Gasteiger partial charge in [-0.2, -0.15) is 0 Å². The number of carbonyl (C=O) groups is 2. The fraction of sp³-hybridized carbons (Fsp3) is 0.636. The van der Waals surface area contributed by atoms with Gasteiger partial charge in [0.2, 0.25) is 5.91 Å². The quantitative estimate of drug-likeness (QED) is 0.426. The number of carboxylic acid groups (broad SMARTS) is 1. The van der Waals surface area contributed by atoms with Gasteiger partial charge in [-0.15, -0.1) is 0 Å². The van der Waals surface area contributed by atoms with E-state index in [4.69, 9.17) is 5.11 Å². The van der Waals surface area contributed by atoms with Gasteiger partial charge in [0, 0.05) is 19.5 Å². The Hall–Kier alpha value is -1.89. The van der Waals surface area contributed by atoms with Crippen molar-refractivity contribution >= 4 is 21.7 Å². The maximum absolute atomic E-state index is 13.2. The van der Waals surface area contributed by atoms with Gasteiger partial charge in [-0.25, -0.2) is 8.42 Å². The van der Waals surface area contributed by atoms with Crippen molar-refractivity contribution in [2.75, 3.05) is 18.8 Å². The number of nitrogens with zero attached hydrogens (tertiary/aromatic N) is 1. The van der Waals surface area contributed by atoms with E-state index < -0.39 is 21.7 Å². The molecule has 0 bridgehead atoms. The number of unbranched alkanes of at least 4 members (excludes halogenated alkanes) is 4. The number of hydrogen-bond acceptors (Lipinski definition) is 4. The van der Waals surface area contributed by atoms with Crippen molar-refractivity contribution in [1.82, 2.24) is 4.90 Å². The highest BCUT2D eigenvalue weighted by Gasteiger charge is 2.30. The van der Waals surface area contributed by atoms with Crippen molar-refractivity contribution in [2.24, 2.45) is 5.92 Å². The highest BCUT2D eigenvalue weighted by atomic mass is 32.2. The third kappa shape index (κ3) is 9.43. The molecule has 6 nitrogen and oxygen atoms in total. The van der Waals surface area contributed by atoms with Crippen LogP contribution >= 0.6 is 0 Å². The lowest BCUT2D eigenvalue weighted by Crippen LogP contribution is -2.40. The maximum Gasteiger partial charge on any atom is 0.303 e. The molecule has 29 heavy (non-hydrogen) atoms. The summed E-state index contributed by atoms with van der Waals surface area (Å²) < 4.78 is 25.6. The van der Waals surface area contributed by atoms with E-state index in [1.165, 1.54) is 12.1 Å². The zero-order valence-corrected chi connectivity index (χ0v) is 18.5. The molecule has 0 fully saturated rings. The second-order valence-electron chi connectivity index (χ2n) is 7.46. The predicted molar refractivity (Wildman–Crippen MR) is 114 cm³/mol. The van der Waals surface area contributed by atoms with Gasteiger partial charge in [0.25, 0.3) is 0 Å². The van der Waals surface area contributed by atoms with E-state index in [0.717, 1.165) is 38.5 Å². The number of benzene rings is 1. The van der Waals surface area contributed by atoms with Gasteiger partial charge >= 0.3 is 5.97 Å². The number of hydrogen-bond donors (Lipinski definition) is 1. The van der Waals surface area contributed by atoms with Gasteiger partial charge < -0.3 is 10.0 Å². The fourth-order valence-corrected chi connectivity index (χ4v) is 4.86. The highest BCUT2D eigenvalue weighted by molar-refractivity contribution is 7.91. The van der Waals surface area contributed by atoms with Gasteiger partial charge in [0.05, 0.1) is 16.6 Å². The van der Waals surface area contributed by atoms with Gasteiger partial charge in [-0.05, 0) is 31.4 Å². The van der Waals surface area contributed by atoms with E-state index in [0.29, 0.717) is 13.1 Å². The summed E-state index contributed by atoms with van der Waals surface area (Å²) >= 11 is 0. The number of aliphatic carboxylic acids is 1. The summed E-state index contributed by atoms with van der Waals surface area (Å²) in [4.78, 5) is 26.2. The standard InChI is InChI=1S/C22H35NO5S/c1-3-5-10-16-23(17-11-6-4-2)22(26)19(14-15-21(24)25)18-29(27,28)20-12-8-7-9-13-20/h7-9,12-13,19H,3-6,10-11,14-18H2,1-2H3,(H,24,25). The Morgan fingerprint density at radius 1 is 0.966 bits per heavy atom. The number of carboxylic acids is 1. The third-order valence-corrected chi connectivity index (χ3v) is 6.79. The largest absolute Gasteiger partial charge is 0.481 e. The number of amides is 1. The SMILES string of the molecule is CCCCCN(CCCCC)C(=O)C(CCC(=O)O)CS(=O)(=O)c1ccccc1. The second-order valence-corrected chi connectivity index (χ2v) is 9.50. The van der Waals surface area contributed by atoms with Gasteiger partial charge in [0.15, 0.2) is 9.84 Å². The first-order valence-electron chi connectivity index (χ1n) is 10.6. The molecular formula is C22H35NO5S. The zero-order chi connectivity index (χ0) is 21.7. The second kappa shape index (κ2) is 13.4. The molecule has 1 rings (SSSR count). The van der Waals surface area contributed by atoms with Crippen molar-refractivity contribution < 1.29 is 23.1 Å². The summed E-state index contributed by atoms with van der Waals surface area (Å²) in [5.41, 5.74) is 0. The summed E-state index contributed by atoms with van der Waals surface area (Å²) in [5.74, 6) is -2.47. The van der Waals surface area contributed by atoms with Crippen LogP contribution in [0.4, 0.5) is 0 Å². The van der Waals surface area contributed by atoms with E-state index in [1.807, 2.05) is 0 Å². The molecule has 164 valence electrons. The molecule has 0 aliphatic rings. The lowest BCUT2D eigenvalue weighted by atomic mass is 10.0. The van der Waals surface area contributed by atoms with Crippen LogP contribution in [0.3, 0.4) is 0 Å². The molecule has 1 aromatic rings. The fourth-order valence-electron chi connectivity index (χ4n) is 3.26. The minimum absolute atomic E-state index is 0.0261. The molecule has 0 heterocycles. The minimum Gasteiger partial charge on any atom is -0.481 e. The van der Waals surface area contributed by atoms with Crippen LogP contribution in [0.1, 0.15) is 65.2 Å². The lowest BCUT2D eigenvalue weighted by Gasteiger charge is -2.27. The summed E-state index contributed by atoms with van der Waals surface area (Å²) in [6, 6.07) is 8.03. The van der Waals surface area contributed by atoms with E-state index in [2.05, 4.69) is 13.8 Å². The predicted octanol–water partition coefficient (Wildman–Crippen LogP) is 4.15. The molecule has 0 saturated carbocycles. The first-order chi connectivity index (χ1) is 13.8. The van der Waals surface area contributed by atoms with Crippen molar-refractivity contribution in [1.29, 1.82) is 0 Å². The lowest BCUT2D eigenvalue weighted by molar-refractivity contribution is -0.138. The highest BCUT2D eigenvalue weighted by Crippen LogP contribution is 2.20. The Morgan fingerprint density at radius 3 is 2.00 bits per heavy atom. The van der Waals surface area contributed by atoms with Crippen LogP contribution < -0.4 is 0 Å². The Morgan fingerprint density at radius 2 is 1.52 bits per heavy atom. The van der Waals surface area contributed by atoms with Crippen molar-refractivity contribution in [3.8, 4) is 0 Å². The van der Waals surface area contributed by atoms with Crippen LogP contribution in [-0.2, 0) is 19.4 Å². The summed E-state index contributed by atoms with van der Waals surface area (Å²) in [6.07, 6.45) is 5.59. The Bertz CT molecular complexity index is 708. The van der Waals surface area contributed by atoms with Gasteiger partial charge in [0.1, 0.15) is 0 Å². The van der Waals surface area contributed by atoms with Crippen LogP contribution in [0.15, 0.2) is 35.2 Å². The molecule has 1 atom stereocenters. The maximum atomic E-state index is 13.2. The Labute approximate surface area is 175 Å². The summed E-state index contributed by atoms with van der Waals surface area (Å²) in [7, 11) is -3.68. The molecule has 0 radical (unpaired) electrons. The van der Waals surface area contributed by atoms with Crippen LogP contribution in [0.25, 0.3) is 0 Å². The van der Waals surface area contributed by atoms with Crippen molar-refractivity contribution in [3.63, 3.8) is 0 Å². The molecule has 0 aliphatic heterocycles. The molecule has 1 unspecified atom stereocenters. The topological polar surface area (TPSA) is 91.8 Å². The number of carbonyl (C=O) groups excluding carboxylic acids is 1. The molecule has 1 amide bonds. The Balaban J connectivity index is 3.00. The molecule has 0 saturated heterocycles. The average molecular weight is 426 g/mol. The molecule has 7 heteroatoms. The van der Waals surface area contributed by atoms with E-state index in [1.54, 1.807) is 23.1 Å². The van der Waals surface area contributed by atoms with Crippen molar-refractivity contribution in [3.05, 3.63) is 30.3 Å². The number of rotatable bonds is 15. The van der Waals surface area contributed by atoms with E-state index in [-0.39, 0.29) is 29.4 Å². The normalized spacial score (nSPS) is 12.5. The molecule has 0 spiro atoms. The van der Waals surface area contributed by atoms with Crippen LogP contribution in [0.2, 0.25) is 0 Å². The van der Waals surface area contributed by atoms with Gasteiger partial charge in [-0.1, -0.05) is 57.7 Å². The summed E-state index contributed by atoms with van der Waals surface area (Å²) in [6.45, 7) is 5.35. The van der Waals surface area contributed by atoms with E-state index in [9.17, 15) is 18.0 Å². The molecular weight excluding hydrogens is 390 g/mol. The van der Waals surface area contributed by atoms with Gasteiger partial charge in [-0.3, -0.25) is 9.59 Å². The molecule has 1 aromatic carbocycles. The Kier molecular flexibility index (Phi) is 11.6.